The lowest BCUT2D eigenvalue weighted by Gasteiger charge is -2.17. The van der Waals surface area contributed by atoms with Crippen molar-refractivity contribution >= 4 is 23.2 Å². The quantitative estimate of drug-likeness (QED) is 0.878. The smallest absolute Gasteiger partial charge is 0.255 e. The van der Waals surface area contributed by atoms with E-state index >= 15 is 0 Å². The lowest BCUT2D eigenvalue weighted by atomic mass is 10.0. The topological polar surface area (TPSA) is 58.2 Å². The van der Waals surface area contributed by atoms with Crippen LogP contribution in [0.15, 0.2) is 48.5 Å². The molecule has 2 N–H and O–H groups in total. The normalized spacial score (nSPS) is 13.3. The van der Waals surface area contributed by atoms with Crippen LogP contribution in [0.4, 0.5) is 11.4 Å². The predicted octanol–water partition coefficient (Wildman–Crippen LogP) is 2.82. The minimum atomic E-state index is -0.134. The van der Waals surface area contributed by atoms with Gasteiger partial charge in [0.1, 0.15) is 0 Å². The van der Waals surface area contributed by atoms with Gasteiger partial charge >= 0.3 is 0 Å². The van der Waals surface area contributed by atoms with Gasteiger partial charge in [0.2, 0.25) is 5.91 Å². The molecule has 0 aliphatic carbocycles. The summed E-state index contributed by atoms with van der Waals surface area (Å²) < 4.78 is 0. The third-order valence-corrected chi connectivity index (χ3v) is 3.29. The highest BCUT2D eigenvalue weighted by Gasteiger charge is 2.15. The van der Waals surface area contributed by atoms with Gasteiger partial charge in [0.25, 0.3) is 5.91 Å². The molecule has 2 amide bonds. The summed E-state index contributed by atoms with van der Waals surface area (Å²) in [6.07, 6.45) is 1.19. The number of amides is 2. The molecule has 0 radical (unpaired) electrons. The van der Waals surface area contributed by atoms with E-state index in [-0.39, 0.29) is 11.8 Å². The van der Waals surface area contributed by atoms with Crippen LogP contribution in [0, 0.1) is 0 Å². The van der Waals surface area contributed by atoms with Crippen molar-refractivity contribution in [2.24, 2.45) is 0 Å². The third-order valence-electron chi connectivity index (χ3n) is 3.29. The Morgan fingerprint density at radius 3 is 2.65 bits per heavy atom. The van der Waals surface area contributed by atoms with E-state index in [0.29, 0.717) is 18.4 Å². The SMILES string of the molecule is O=C1CCc2cc(NC(=O)c3ccccc3)ccc2N1. The Balaban J connectivity index is 1.79. The number of aryl methyl sites for hydroxylation is 1. The third kappa shape index (κ3) is 2.54. The van der Waals surface area contributed by atoms with Gasteiger partial charge in [0.15, 0.2) is 0 Å². The predicted molar refractivity (Wildman–Crippen MR) is 77.8 cm³/mol. The van der Waals surface area contributed by atoms with E-state index in [1.165, 1.54) is 0 Å². The average molecular weight is 266 g/mol. The van der Waals surface area contributed by atoms with Crippen LogP contribution < -0.4 is 10.6 Å². The van der Waals surface area contributed by atoms with Crippen LogP contribution in [-0.4, -0.2) is 11.8 Å². The van der Waals surface area contributed by atoms with E-state index < -0.39 is 0 Å². The summed E-state index contributed by atoms with van der Waals surface area (Å²) in [4.78, 5) is 23.3. The fraction of sp³-hybridized carbons (Fsp3) is 0.125. The molecule has 4 nitrogen and oxygen atoms in total. The summed E-state index contributed by atoms with van der Waals surface area (Å²) in [5.74, 6) is -0.0935. The summed E-state index contributed by atoms with van der Waals surface area (Å²) in [6.45, 7) is 0. The van der Waals surface area contributed by atoms with Crippen molar-refractivity contribution < 1.29 is 9.59 Å². The molecule has 2 aromatic carbocycles. The molecule has 0 saturated carbocycles. The molecule has 0 atom stereocenters. The van der Waals surface area contributed by atoms with E-state index in [1.807, 2.05) is 30.3 Å². The first-order chi connectivity index (χ1) is 9.72. The van der Waals surface area contributed by atoms with Crippen molar-refractivity contribution in [2.45, 2.75) is 12.8 Å². The largest absolute Gasteiger partial charge is 0.326 e. The summed E-state index contributed by atoms with van der Waals surface area (Å²) >= 11 is 0. The maximum Gasteiger partial charge on any atom is 0.255 e. The summed E-state index contributed by atoms with van der Waals surface area (Å²) in [5.41, 5.74) is 3.25. The van der Waals surface area contributed by atoms with Crippen LogP contribution in [-0.2, 0) is 11.2 Å². The molecule has 4 heteroatoms. The Morgan fingerprint density at radius 1 is 1.05 bits per heavy atom. The molecule has 1 aliphatic rings. The van der Waals surface area contributed by atoms with Crippen LogP contribution in [0.1, 0.15) is 22.3 Å². The fourth-order valence-corrected chi connectivity index (χ4v) is 2.25. The van der Waals surface area contributed by atoms with Gasteiger partial charge in [0.05, 0.1) is 0 Å². The maximum atomic E-state index is 12.1. The van der Waals surface area contributed by atoms with Crippen LogP contribution in [0.5, 0.6) is 0 Å². The molecule has 0 bridgehead atoms. The highest BCUT2D eigenvalue weighted by Crippen LogP contribution is 2.25. The highest BCUT2D eigenvalue weighted by molar-refractivity contribution is 6.04. The number of carbonyl (C=O) groups excluding carboxylic acids is 2. The average Bonchev–Trinajstić information content (AvgIpc) is 2.48. The van der Waals surface area contributed by atoms with E-state index in [0.717, 1.165) is 16.9 Å². The molecule has 0 spiro atoms. The van der Waals surface area contributed by atoms with Crippen LogP contribution in [0.3, 0.4) is 0 Å². The number of rotatable bonds is 2. The number of anilines is 2. The number of hydrogen-bond acceptors (Lipinski definition) is 2. The van der Waals surface area contributed by atoms with Gasteiger partial charge in [-0.2, -0.15) is 0 Å². The molecule has 0 aromatic heterocycles. The molecular formula is C16H14N2O2. The van der Waals surface area contributed by atoms with Crippen molar-refractivity contribution in [2.75, 3.05) is 10.6 Å². The summed E-state index contributed by atoms with van der Waals surface area (Å²) in [5, 5.41) is 5.69. The molecule has 20 heavy (non-hydrogen) atoms. The Labute approximate surface area is 116 Å². The van der Waals surface area contributed by atoms with Crippen molar-refractivity contribution in [1.82, 2.24) is 0 Å². The monoisotopic (exact) mass is 266 g/mol. The van der Waals surface area contributed by atoms with E-state index in [1.54, 1.807) is 18.2 Å². The van der Waals surface area contributed by atoms with Gasteiger partial charge in [-0.05, 0) is 42.3 Å². The number of fused-ring (bicyclic) bond motifs is 1. The minimum Gasteiger partial charge on any atom is -0.326 e. The van der Waals surface area contributed by atoms with Crippen LogP contribution in [0.2, 0.25) is 0 Å². The second kappa shape index (κ2) is 5.17. The van der Waals surface area contributed by atoms with Crippen molar-refractivity contribution in [1.29, 1.82) is 0 Å². The molecule has 1 aliphatic heterocycles. The Morgan fingerprint density at radius 2 is 1.85 bits per heavy atom. The van der Waals surface area contributed by atoms with Crippen LogP contribution >= 0.6 is 0 Å². The highest BCUT2D eigenvalue weighted by atomic mass is 16.2. The Bertz CT molecular complexity index is 665. The molecule has 1 heterocycles. The van der Waals surface area contributed by atoms with Gasteiger partial charge in [0, 0.05) is 23.4 Å². The van der Waals surface area contributed by atoms with Crippen molar-refractivity contribution in [3.05, 3.63) is 59.7 Å². The molecule has 0 fully saturated rings. The standard InChI is InChI=1S/C16H14N2O2/c19-15-9-6-12-10-13(7-8-14(12)18-15)17-16(20)11-4-2-1-3-5-11/h1-5,7-8,10H,6,9H2,(H,17,20)(H,18,19). The van der Waals surface area contributed by atoms with Crippen molar-refractivity contribution in [3.63, 3.8) is 0 Å². The maximum absolute atomic E-state index is 12.1. The zero-order chi connectivity index (χ0) is 13.9. The van der Waals surface area contributed by atoms with Crippen molar-refractivity contribution in [3.8, 4) is 0 Å². The Hall–Kier alpha value is -2.62. The second-order valence-electron chi connectivity index (χ2n) is 4.74. The Kier molecular flexibility index (Phi) is 3.21. The fourth-order valence-electron chi connectivity index (χ4n) is 2.25. The number of carbonyl (C=O) groups is 2. The van der Waals surface area contributed by atoms with Crippen LogP contribution in [0.25, 0.3) is 0 Å². The zero-order valence-corrected chi connectivity index (χ0v) is 10.8. The minimum absolute atomic E-state index is 0.0403. The molecule has 3 rings (SSSR count). The molecular weight excluding hydrogens is 252 g/mol. The molecule has 100 valence electrons. The van der Waals surface area contributed by atoms with E-state index in [9.17, 15) is 9.59 Å². The molecule has 2 aromatic rings. The second-order valence-corrected chi connectivity index (χ2v) is 4.74. The molecule has 0 unspecified atom stereocenters. The zero-order valence-electron chi connectivity index (χ0n) is 10.8. The first kappa shape index (κ1) is 12.4. The number of hydrogen-bond donors (Lipinski definition) is 2. The number of nitrogens with one attached hydrogen (secondary N) is 2. The first-order valence-electron chi connectivity index (χ1n) is 6.51. The first-order valence-corrected chi connectivity index (χ1v) is 6.51. The van der Waals surface area contributed by atoms with E-state index in [4.69, 9.17) is 0 Å². The summed E-state index contributed by atoms with van der Waals surface area (Å²) in [6, 6.07) is 14.6. The van der Waals surface area contributed by atoms with E-state index in [2.05, 4.69) is 10.6 Å². The van der Waals surface area contributed by atoms with Gasteiger partial charge in [-0.3, -0.25) is 9.59 Å². The molecule has 0 saturated heterocycles. The van der Waals surface area contributed by atoms with Gasteiger partial charge in [-0.15, -0.1) is 0 Å². The number of benzene rings is 2. The lowest BCUT2D eigenvalue weighted by Crippen LogP contribution is -2.19. The summed E-state index contributed by atoms with van der Waals surface area (Å²) in [7, 11) is 0. The van der Waals surface area contributed by atoms with Gasteiger partial charge < -0.3 is 10.6 Å². The van der Waals surface area contributed by atoms with Gasteiger partial charge in [-0.1, -0.05) is 18.2 Å². The van der Waals surface area contributed by atoms with Gasteiger partial charge in [-0.25, -0.2) is 0 Å². The lowest BCUT2D eigenvalue weighted by molar-refractivity contribution is -0.116.